The third kappa shape index (κ3) is 2.87. The Morgan fingerprint density at radius 1 is 1.53 bits per heavy atom. The van der Waals surface area contributed by atoms with E-state index in [-0.39, 0.29) is 11.4 Å². The first kappa shape index (κ1) is 12.6. The Morgan fingerprint density at radius 3 is 2.88 bits per heavy atom. The summed E-state index contributed by atoms with van der Waals surface area (Å²) in [6.45, 7) is 5.30. The van der Waals surface area contributed by atoms with Crippen molar-refractivity contribution < 1.29 is 9.53 Å². The van der Waals surface area contributed by atoms with Crippen LogP contribution in [0.25, 0.3) is 0 Å². The summed E-state index contributed by atoms with van der Waals surface area (Å²) >= 11 is 3.43. The van der Waals surface area contributed by atoms with Crippen LogP contribution in [0.3, 0.4) is 0 Å². The fourth-order valence-electron chi connectivity index (χ4n) is 1.90. The first-order chi connectivity index (χ1) is 8.00. The topological polar surface area (TPSA) is 38.3 Å². The molecule has 1 atom stereocenters. The van der Waals surface area contributed by atoms with Gasteiger partial charge in [0.05, 0.1) is 12.1 Å². The molecule has 0 radical (unpaired) electrons. The van der Waals surface area contributed by atoms with Gasteiger partial charge < -0.3 is 10.1 Å². The van der Waals surface area contributed by atoms with Crippen LogP contribution < -0.4 is 5.32 Å². The molecule has 92 valence electrons. The highest BCUT2D eigenvalue weighted by Crippen LogP contribution is 2.20. The summed E-state index contributed by atoms with van der Waals surface area (Å²) < 4.78 is 6.34. The van der Waals surface area contributed by atoms with E-state index in [1.807, 2.05) is 32.0 Å². The minimum atomic E-state index is -0.224. The Balaban J connectivity index is 2.11. The molecule has 1 aliphatic heterocycles. The number of hydrogen-bond donors (Lipinski definition) is 1. The van der Waals surface area contributed by atoms with Crippen molar-refractivity contribution in [2.24, 2.45) is 0 Å². The van der Waals surface area contributed by atoms with Gasteiger partial charge >= 0.3 is 0 Å². The zero-order chi connectivity index (χ0) is 12.5. The number of rotatable bonds is 2. The van der Waals surface area contributed by atoms with E-state index in [0.29, 0.717) is 12.2 Å². The van der Waals surface area contributed by atoms with E-state index in [1.165, 1.54) is 0 Å². The lowest BCUT2D eigenvalue weighted by Crippen LogP contribution is -2.46. The van der Waals surface area contributed by atoms with Crippen molar-refractivity contribution in [3.8, 4) is 0 Å². The van der Waals surface area contributed by atoms with Gasteiger partial charge in [0.2, 0.25) is 0 Å². The summed E-state index contributed by atoms with van der Waals surface area (Å²) in [7, 11) is 0. The predicted molar refractivity (Wildman–Crippen MR) is 70.2 cm³/mol. The normalized spacial score (nSPS) is 23.7. The molecule has 0 bridgehead atoms. The van der Waals surface area contributed by atoms with Gasteiger partial charge in [-0.15, -0.1) is 0 Å². The lowest BCUT2D eigenvalue weighted by Gasteiger charge is -2.23. The number of nitrogens with one attached hydrogen (secondary N) is 1. The van der Waals surface area contributed by atoms with Gasteiger partial charge in [0.25, 0.3) is 5.91 Å². The number of hydrogen-bond acceptors (Lipinski definition) is 2. The zero-order valence-corrected chi connectivity index (χ0v) is 11.6. The van der Waals surface area contributed by atoms with Gasteiger partial charge in [-0.1, -0.05) is 15.9 Å². The molecule has 0 saturated carbocycles. The number of carbonyl (C=O) groups excluding carboxylic acids is 1. The number of aryl methyl sites for hydroxylation is 1. The number of benzene rings is 1. The Kier molecular flexibility index (Phi) is 3.54. The van der Waals surface area contributed by atoms with Gasteiger partial charge in [-0.3, -0.25) is 4.79 Å². The average molecular weight is 298 g/mol. The molecule has 1 heterocycles. The Labute approximate surface area is 110 Å². The van der Waals surface area contributed by atoms with Crippen molar-refractivity contribution in [1.29, 1.82) is 0 Å². The van der Waals surface area contributed by atoms with E-state index in [9.17, 15) is 4.79 Å². The lowest BCUT2D eigenvalue weighted by atomic mass is 10.0. The van der Waals surface area contributed by atoms with E-state index < -0.39 is 0 Å². The van der Waals surface area contributed by atoms with Crippen LogP contribution in [-0.2, 0) is 4.74 Å². The Morgan fingerprint density at radius 2 is 2.29 bits per heavy atom. The fourth-order valence-corrected chi connectivity index (χ4v) is 2.14. The van der Waals surface area contributed by atoms with Crippen molar-refractivity contribution in [1.82, 2.24) is 5.32 Å². The van der Waals surface area contributed by atoms with E-state index in [0.717, 1.165) is 23.1 Å². The smallest absolute Gasteiger partial charge is 0.251 e. The van der Waals surface area contributed by atoms with Crippen LogP contribution in [0.2, 0.25) is 0 Å². The molecular formula is C13H16BrNO2. The Hall–Kier alpha value is -0.870. The first-order valence-electron chi connectivity index (χ1n) is 5.67. The maximum atomic E-state index is 12.1. The van der Waals surface area contributed by atoms with Crippen molar-refractivity contribution in [2.45, 2.75) is 25.8 Å². The lowest BCUT2D eigenvalue weighted by molar-refractivity contribution is 0.0890. The van der Waals surface area contributed by atoms with Crippen molar-refractivity contribution >= 4 is 21.8 Å². The van der Waals surface area contributed by atoms with Crippen LogP contribution in [0.5, 0.6) is 0 Å². The largest absolute Gasteiger partial charge is 0.379 e. The molecule has 1 N–H and O–H groups in total. The number of amides is 1. The molecule has 0 aromatic heterocycles. The van der Waals surface area contributed by atoms with Gasteiger partial charge in [0.1, 0.15) is 0 Å². The highest BCUT2D eigenvalue weighted by atomic mass is 79.9. The second-order valence-corrected chi connectivity index (χ2v) is 5.64. The minimum Gasteiger partial charge on any atom is -0.379 e. The van der Waals surface area contributed by atoms with Crippen molar-refractivity contribution in [2.75, 3.05) is 13.2 Å². The first-order valence-corrected chi connectivity index (χ1v) is 6.46. The molecule has 4 heteroatoms. The molecule has 1 aromatic carbocycles. The molecule has 1 unspecified atom stereocenters. The molecule has 1 aliphatic rings. The van der Waals surface area contributed by atoms with E-state index in [2.05, 4.69) is 21.2 Å². The zero-order valence-electron chi connectivity index (χ0n) is 10.0. The van der Waals surface area contributed by atoms with Crippen LogP contribution in [0.15, 0.2) is 22.7 Å². The van der Waals surface area contributed by atoms with Gasteiger partial charge in [0.15, 0.2) is 0 Å². The summed E-state index contributed by atoms with van der Waals surface area (Å²) in [5, 5.41) is 3.04. The van der Waals surface area contributed by atoms with Crippen LogP contribution in [0, 0.1) is 6.92 Å². The van der Waals surface area contributed by atoms with Crippen molar-refractivity contribution in [3.05, 3.63) is 33.8 Å². The number of ether oxygens (including phenoxy) is 1. The number of carbonyl (C=O) groups is 1. The molecule has 0 aliphatic carbocycles. The maximum absolute atomic E-state index is 12.1. The Bertz CT molecular complexity index is 439. The monoisotopic (exact) mass is 297 g/mol. The fraction of sp³-hybridized carbons (Fsp3) is 0.462. The third-order valence-corrected chi connectivity index (χ3v) is 3.94. The molecule has 1 saturated heterocycles. The van der Waals surface area contributed by atoms with Gasteiger partial charge in [-0.05, 0) is 44.0 Å². The van der Waals surface area contributed by atoms with E-state index in [4.69, 9.17) is 4.74 Å². The molecule has 1 aromatic rings. The average Bonchev–Trinajstić information content (AvgIpc) is 2.69. The molecular weight excluding hydrogens is 282 g/mol. The van der Waals surface area contributed by atoms with Crippen molar-refractivity contribution in [3.63, 3.8) is 0 Å². The molecule has 17 heavy (non-hydrogen) atoms. The SMILES string of the molecule is Cc1cc(C(=O)NC2(C)CCOC2)ccc1Br. The second-order valence-electron chi connectivity index (χ2n) is 4.78. The van der Waals surface area contributed by atoms with Crippen LogP contribution >= 0.6 is 15.9 Å². The highest BCUT2D eigenvalue weighted by molar-refractivity contribution is 9.10. The summed E-state index contributed by atoms with van der Waals surface area (Å²) in [4.78, 5) is 12.1. The quantitative estimate of drug-likeness (QED) is 0.911. The third-order valence-electron chi connectivity index (χ3n) is 3.05. The standard InChI is InChI=1S/C13H16BrNO2/c1-9-7-10(3-4-11(9)14)12(16)15-13(2)5-6-17-8-13/h3-4,7H,5-6,8H2,1-2H3,(H,15,16). The maximum Gasteiger partial charge on any atom is 0.251 e. The van der Waals surface area contributed by atoms with Gasteiger partial charge in [-0.25, -0.2) is 0 Å². The predicted octanol–water partition coefficient (Wildman–Crippen LogP) is 2.67. The minimum absolute atomic E-state index is 0.0337. The molecule has 1 fully saturated rings. The summed E-state index contributed by atoms with van der Waals surface area (Å²) in [5.74, 6) is -0.0337. The van der Waals surface area contributed by atoms with Crippen LogP contribution in [-0.4, -0.2) is 24.7 Å². The molecule has 3 nitrogen and oxygen atoms in total. The summed E-state index contributed by atoms with van der Waals surface area (Å²) in [5.41, 5.74) is 1.53. The molecule has 2 rings (SSSR count). The van der Waals surface area contributed by atoms with Crippen LogP contribution in [0.1, 0.15) is 29.3 Å². The summed E-state index contributed by atoms with van der Waals surface area (Å²) in [6.07, 6.45) is 0.869. The number of halogens is 1. The summed E-state index contributed by atoms with van der Waals surface area (Å²) in [6, 6.07) is 5.61. The second kappa shape index (κ2) is 4.78. The van der Waals surface area contributed by atoms with Crippen LogP contribution in [0.4, 0.5) is 0 Å². The van der Waals surface area contributed by atoms with E-state index >= 15 is 0 Å². The van der Waals surface area contributed by atoms with Gasteiger partial charge in [-0.2, -0.15) is 0 Å². The molecule has 1 amide bonds. The van der Waals surface area contributed by atoms with E-state index in [1.54, 1.807) is 0 Å². The van der Waals surface area contributed by atoms with Gasteiger partial charge in [0, 0.05) is 16.6 Å². The highest BCUT2D eigenvalue weighted by Gasteiger charge is 2.31. The molecule has 0 spiro atoms.